The van der Waals surface area contributed by atoms with E-state index in [0.717, 1.165) is 77.8 Å². The van der Waals surface area contributed by atoms with Crippen molar-refractivity contribution in [1.29, 1.82) is 0 Å². The lowest BCUT2D eigenvalue weighted by Gasteiger charge is -2.36. The van der Waals surface area contributed by atoms with E-state index in [1.807, 2.05) is 0 Å². The van der Waals surface area contributed by atoms with Crippen LogP contribution in [-0.2, 0) is 9.53 Å². The fourth-order valence-corrected chi connectivity index (χ4v) is 3.93. The Bertz CT molecular complexity index is 354. The van der Waals surface area contributed by atoms with E-state index < -0.39 is 0 Å². The van der Waals surface area contributed by atoms with Gasteiger partial charge in [-0.3, -0.25) is 9.69 Å². The van der Waals surface area contributed by atoms with Crippen molar-refractivity contribution in [3.8, 4) is 0 Å². The zero-order valence-electron chi connectivity index (χ0n) is 14.6. The smallest absolute Gasteiger partial charge is 0.222 e. The quantitative estimate of drug-likeness (QED) is 0.788. The Labute approximate surface area is 158 Å². The topological polar surface area (TPSA) is 44.8 Å². The molecule has 1 unspecified atom stereocenters. The summed E-state index contributed by atoms with van der Waals surface area (Å²) in [5.41, 5.74) is 0. The molecule has 1 amide bonds. The minimum atomic E-state index is 0. The summed E-state index contributed by atoms with van der Waals surface area (Å²) < 4.78 is 5.45. The van der Waals surface area contributed by atoms with Gasteiger partial charge in [0.25, 0.3) is 0 Å². The number of rotatable bonds is 5. The lowest BCUT2D eigenvalue weighted by atomic mass is 9.93. The summed E-state index contributed by atoms with van der Waals surface area (Å²) in [5.74, 6) is 1.85. The number of piperidine rings is 1. The molecule has 3 aliphatic rings. The summed E-state index contributed by atoms with van der Waals surface area (Å²) in [5, 5.41) is 3.39. The number of amides is 1. The molecule has 0 radical (unpaired) electrons. The number of hydrogen-bond acceptors (Lipinski definition) is 4. The molecule has 0 aromatic carbocycles. The highest BCUT2D eigenvalue weighted by molar-refractivity contribution is 5.85. The molecule has 3 aliphatic heterocycles. The summed E-state index contributed by atoms with van der Waals surface area (Å²) in [7, 11) is 0. The molecule has 0 saturated carbocycles. The molecule has 5 nitrogen and oxygen atoms in total. The third-order valence-corrected chi connectivity index (χ3v) is 5.49. The second kappa shape index (κ2) is 11.5. The van der Waals surface area contributed by atoms with E-state index in [2.05, 4.69) is 15.1 Å². The third kappa shape index (κ3) is 6.68. The van der Waals surface area contributed by atoms with Crippen LogP contribution in [0, 0.1) is 11.8 Å². The number of nitrogens with one attached hydrogen (secondary N) is 1. The second-order valence-electron chi connectivity index (χ2n) is 7.14. The largest absolute Gasteiger partial charge is 0.381 e. The van der Waals surface area contributed by atoms with Gasteiger partial charge in [-0.05, 0) is 50.6 Å². The van der Waals surface area contributed by atoms with E-state index in [1.54, 1.807) is 0 Å². The first-order chi connectivity index (χ1) is 10.8. The summed E-state index contributed by atoms with van der Waals surface area (Å²) in [4.78, 5) is 17.0. The van der Waals surface area contributed by atoms with Crippen LogP contribution in [0.3, 0.4) is 0 Å². The molecule has 1 N–H and O–H groups in total. The number of hydrogen-bond donors (Lipinski definition) is 1. The monoisotopic (exact) mass is 381 g/mol. The fourth-order valence-electron chi connectivity index (χ4n) is 3.93. The normalized spacial score (nSPS) is 25.8. The molecule has 0 spiro atoms. The van der Waals surface area contributed by atoms with Gasteiger partial charge < -0.3 is 15.0 Å². The number of carbonyl (C=O) groups excluding carboxylic acids is 1. The molecule has 3 fully saturated rings. The SMILES string of the molecule is Cl.Cl.O=C(CCC1CCNCC1)N1CCN(CC2CCOC2)CC1. The van der Waals surface area contributed by atoms with Crippen LogP contribution in [0.5, 0.6) is 0 Å². The summed E-state index contributed by atoms with van der Waals surface area (Å²) in [6, 6.07) is 0. The maximum absolute atomic E-state index is 12.4. The Morgan fingerprint density at radius 3 is 2.33 bits per heavy atom. The van der Waals surface area contributed by atoms with Crippen LogP contribution < -0.4 is 5.32 Å². The predicted octanol–water partition coefficient (Wildman–Crippen LogP) is 1.79. The summed E-state index contributed by atoms with van der Waals surface area (Å²) in [6.45, 7) is 9.17. The van der Waals surface area contributed by atoms with Crippen molar-refractivity contribution >= 4 is 30.7 Å². The van der Waals surface area contributed by atoms with Gasteiger partial charge in [0.1, 0.15) is 0 Å². The first-order valence-electron chi connectivity index (χ1n) is 9.10. The van der Waals surface area contributed by atoms with Crippen LogP contribution in [0.15, 0.2) is 0 Å². The molecule has 0 aromatic rings. The predicted molar refractivity (Wildman–Crippen MR) is 101 cm³/mol. The summed E-state index contributed by atoms with van der Waals surface area (Å²) >= 11 is 0. The second-order valence-corrected chi connectivity index (χ2v) is 7.14. The lowest BCUT2D eigenvalue weighted by Crippen LogP contribution is -2.49. The minimum absolute atomic E-state index is 0. The maximum Gasteiger partial charge on any atom is 0.222 e. The first-order valence-corrected chi connectivity index (χ1v) is 9.10. The molecule has 0 bridgehead atoms. The van der Waals surface area contributed by atoms with Crippen LogP contribution in [0.4, 0.5) is 0 Å². The van der Waals surface area contributed by atoms with E-state index in [0.29, 0.717) is 11.8 Å². The molecule has 142 valence electrons. The highest BCUT2D eigenvalue weighted by Gasteiger charge is 2.25. The zero-order chi connectivity index (χ0) is 15.2. The first kappa shape index (κ1) is 22.0. The van der Waals surface area contributed by atoms with Gasteiger partial charge in [-0.25, -0.2) is 0 Å². The molecule has 0 aromatic heterocycles. The van der Waals surface area contributed by atoms with Crippen molar-refractivity contribution in [2.24, 2.45) is 11.8 Å². The van der Waals surface area contributed by atoms with Crippen molar-refractivity contribution in [1.82, 2.24) is 15.1 Å². The molecule has 24 heavy (non-hydrogen) atoms. The van der Waals surface area contributed by atoms with E-state index in [1.165, 1.54) is 19.3 Å². The fraction of sp³-hybridized carbons (Fsp3) is 0.941. The summed E-state index contributed by atoms with van der Waals surface area (Å²) in [6.07, 6.45) is 5.52. The molecular formula is C17H33Cl2N3O2. The van der Waals surface area contributed by atoms with Crippen LogP contribution in [0.25, 0.3) is 0 Å². The van der Waals surface area contributed by atoms with Crippen LogP contribution in [0.2, 0.25) is 0 Å². The van der Waals surface area contributed by atoms with Gasteiger partial charge in [0.05, 0.1) is 6.61 Å². The lowest BCUT2D eigenvalue weighted by molar-refractivity contribution is -0.133. The number of ether oxygens (including phenoxy) is 1. The van der Waals surface area contributed by atoms with Crippen molar-refractivity contribution in [3.63, 3.8) is 0 Å². The Kier molecular flexibility index (Phi) is 10.6. The number of nitrogens with zero attached hydrogens (tertiary/aromatic N) is 2. The molecule has 7 heteroatoms. The van der Waals surface area contributed by atoms with E-state index >= 15 is 0 Å². The number of carbonyl (C=O) groups is 1. The van der Waals surface area contributed by atoms with Gasteiger partial charge in [0, 0.05) is 45.8 Å². The van der Waals surface area contributed by atoms with E-state index in [4.69, 9.17) is 4.74 Å². The Morgan fingerprint density at radius 2 is 1.71 bits per heavy atom. The van der Waals surface area contributed by atoms with E-state index in [-0.39, 0.29) is 24.8 Å². The highest BCUT2D eigenvalue weighted by Crippen LogP contribution is 2.19. The molecular weight excluding hydrogens is 349 g/mol. The van der Waals surface area contributed by atoms with Gasteiger partial charge in [-0.15, -0.1) is 24.8 Å². The third-order valence-electron chi connectivity index (χ3n) is 5.49. The number of piperazine rings is 1. The highest BCUT2D eigenvalue weighted by atomic mass is 35.5. The Morgan fingerprint density at radius 1 is 1.00 bits per heavy atom. The molecule has 3 heterocycles. The van der Waals surface area contributed by atoms with Crippen LogP contribution in [-0.4, -0.2) is 74.7 Å². The van der Waals surface area contributed by atoms with Crippen molar-refractivity contribution in [2.75, 3.05) is 59.0 Å². The van der Waals surface area contributed by atoms with Crippen molar-refractivity contribution in [3.05, 3.63) is 0 Å². The van der Waals surface area contributed by atoms with Gasteiger partial charge in [-0.2, -0.15) is 0 Å². The maximum atomic E-state index is 12.4. The van der Waals surface area contributed by atoms with Gasteiger partial charge >= 0.3 is 0 Å². The zero-order valence-corrected chi connectivity index (χ0v) is 16.2. The van der Waals surface area contributed by atoms with Crippen LogP contribution in [0.1, 0.15) is 32.1 Å². The number of halogens is 2. The molecule has 3 rings (SSSR count). The van der Waals surface area contributed by atoms with Gasteiger partial charge in [0.2, 0.25) is 5.91 Å². The average molecular weight is 382 g/mol. The van der Waals surface area contributed by atoms with Gasteiger partial charge in [0.15, 0.2) is 0 Å². The minimum Gasteiger partial charge on any atom is -0.381 e. The van der Waals surface area contributed by atoms with E-state index in [9.17, 15) is 4.79 Å². The van der Waals surface area contributed by atoms with Crippen molar-refractivity contribution < 1.29 is 9.53 Å². The van der Waals surface area contributed by atoms with Gasteiger partial charge in [-0.1, -0.05) is 0 Å². The Balaban J connectivity index is 0.00000144. The van der Waals surface area contributed by atoms with Crippen molar-refractivity contribution in [2.45, 2.75) is 32.1 Å². The Hall–Kier alpha value is -0.0700. The molecule has 0 aliphatic carbocycles. The van der Waals surface area contributed by atoms with Crippen LogP contribution >= 0.6 is 24.8 Å². The average Bonchev–Trinajstić information content (AvgIpc) is 3.07. The molecule has 3 saturated heterocycles. The molecule has 1 atom stereocenters. The standard InChI is InChI=1S/C17H31N3O2.2ClH/c21-17(2-1-15-3-6-18-7-4-15)20-10-8-19(9-11-20)13-16-5-12-22-14-16;;/h15-16,18H,1-14H2;2*1H.